The lowest BCUT2D eigenvalue weighted by Crippen LogP contribution is -2.43. The first kappa shape index (κ1) is 16.8. The molecule has 6 heteroatoms. The topological polar surface area (TPSA) is 87.7 Å². The number of aliphatic carboxylic acids is 1. The van der Waals surface area contributed by atoms with E-state index >= 15 is 0 Å². The average molecular weight is 294 g/mol. The van der Waals surface area contributed by atoms with E-state index < -0.39 is 5.97 Å². The smallest absolute Gasteiger partial charge is 0.315 e. The summed E-state index contributed by atoms with van der Waals surface area (Å²) in [6, 6.07) is 8.77. The van der Waals surface area contributed by atoms with Crippen LogP contribution in [0.1, 0.15) is 26.2 Å². The highest BCUT2D eigenvalue weighted by Gasteiger charge is 2.13. The molecular weight excluding hydrogens is 272 g/mol. The molecule has 0 spiro atoms. The lowest BCUT2D eigenvalue weighted by atomic mass is 10.1. The minimum Gasteiger partial charge on any atom is -0.494 e. The molecule has 1 unspecified atom stereocenters. The van der Waals surface area contributed by atoms with Crippen molar-refractivity contribution in [2.75, 3.05) is 13.2 Å². The molecule has 6 nitrogen and oxygen atoms in total. The maximum Gasteiger partial charge on any atom is 0.315 e. The predicted molar refractivity (Wildman–Crippen MR) is 79.4 cm³/mol. The van der Waals surface area contributed by atoms with Gasteiger partial charge in [-0.25, -0.2) is 4.79 Å². The van der Waals surface area contributed by atoms with Crippen molar-refractivity contribution in [1.29, 1.82) is 0 Å². The lowest BCUT2D eigenvalue weighted by molar-refractivity contribution is -0.137. The van der Waals surface area contributed by atoms with Crippen LogP contribution in [0.15, 0.2) is 30.3 Å². The Morgan fingerprint density at radius 2 is 2.00 bits per heavy atom. The Labute approximate surface area is 124 Å². The summed E-state index contributed by atoms with van der Waals surface area (Å²) in [5.74, 6) is -0.118. The molecular formula is C15H22N2O4. The number of hydrogen-bond donors (Lipinski definition) is 3. The van der Waals surface area contributed by atoms with Crippen LogP contribution in [0.2, 0.25) is 0 Å². The minimum atomic E-state index is -0.918. The maximum absolute atomic E-state index is 11.6. The Kier molecular flexibility index (Phi) is 7.71. The van der Waals surface area contributed by atoms with Crippen LogP contribution in [-0.2, 0) is 4.79 Å². The Morgan fingerprint density at radius 3 is 2.62 bits per heavy atom. The van der Waals surface area contributed by atoms with Gasteiger partial charge in [-0.15, -0.1) is 0 Å². The summed E-state index contributed by atoms with van der Waals surface area (Å²) in [4.78, 5) is 22.2. The lowest BCUT2D eigenvalue weighted by Gasteiger charge is -2.15. The van der Waals surface area contributed by atoms with Crippen LogP contribution in [0.5, 0.6) is 5.75 Å². The molecule has 0 saturated carbocycles. The van der Waals surface area contributed by atoms with E-state index in [0.29, 0.717) is 26.0 Å². The van der Waals surface area contributed by atoms with E-state index in [1.165, 1.54) is 0 Å². The van der Waals surface area contributed by atoms with Crippen LogP contribution in [0.4, 0.5) is 4.79 Å². The fourth-order valence-corrected chi connectivity index (χ4v) is 1.73. The quantitative estimate of drug-likeness (QED) is 0.608. The molecule has 0 aliphatic heterocycles. The molecule has 0 fully saturated rings. The molecule has 3 N–H and O–H groups in total. The first-order valence-corrected chi connectivity index (χ1v) is 7.05. The highest BCUT2D eigenvalue weighted by molar-refractivity contribution is 5.75. The highest BCUT2D eigenvalue weighted by Crippen LogP contribution is 2.07. The molecule has 0 aromatic heterocycles. The normalized spacial score (nSPS) is 11.5. The summed E-state index contributed by atoms with van der Waals surface area (Å²) >= 11 is 0. The summed E-state index contributed by atoms with van der Waals surface area (Å²) in [6.07, 6.45) is 1.19. The monoisotopic (exact) mass is 294 g/mol. The van der Waals surface area contributed by atoms with E-state index in [2.05, 4.69) is 10.6 Å². The van der Waals surface area contributed by atoms with Gasteiger partial charge >= 0.3 is 12.0 Å². The summed E-state index contributed by atoms with van der Waals surface area (Å²) in [5, 5.41) is 14.0. The van der Waals surface area contributed by atoms with Gasteiger partial charge in [0.1, 0.15) is 5.75 Å². The zero-order chi connectivity index (χ0) is 15.5. The first-order chi connectivity index (χ1) is 10.1. The molecule has 116 valence electrons. The second kappa shape index (κ2) is 9.63. The highest BCUT2D eigenvalue weighted by atomic mass is 16.5. The van der Waals surface area contributed by atoms with E-state index in [1.54, 1.807) is 0 Å². The number of nitrogens with one attached hydrogen (secondary N) is 2. The van der Waals surface area contributed by atoms with Gasteiger partial charge in [0.15, 0.2) is 0 Å². The number of carbonyl (C=O) groups is 2. The number of ether oxygens (including phenoxy) is 1. The third kappa shape index (κ3) is 7.81. The van der Waals surface area contributed by atoms with Gasteiger partial charge in [0, 0.05) is 12.6 Å². The van der Waals surface area contributed by atoms with Gasteiger partial charge in [0.2, 0.25) is 0 Å². The fourth-order valence-electron chi connectivity index (χ4n) is 1.73. The molecule has 0 aliphatic rings. The van der Waals surface area contributed by atoms with Crippen molar-refractivity contribution in [3.8, 4) is 5.75 Å². The number of urea groups is 1. The van der Waals surface area contributed by atoms with Gasteiger partial charge < -0.3 is 20.5 Å². The van der Waals surface area contributed by atoms with E-state index in [-0.39, 0.29) is 18.5 Å². The van der Waals surface area contributed by atoms with Crippen molar-refractivity contribution in [2.45, 2.75) is 32.2 Å². The van der Waals surface area contributed by atoms with Crippen molar-refractivity contribution < 1.29 is 19.4 Å². The van der Waals surface area contributed by atoms with Gasteiger partial charge in [-0.2, -0.15) is 0 Å². The van der Waals surface area contributed by atoms with Gasteiger partial charge in [0.05, 0.1) is 13.0 Å². The number of carboxylic acid groups (broad SMARTS) is 1. The number of para-hydroxylation sites is 1. The van der Waals surface area contributed by atoms with Crippen LogP contribution >= 0.6 is 0 Å². The zero-order valence-corrected chi connectivity index (χ0v) is 12.2. The van der Waals surface area contributed by atoms with Crippen LogP contribution in [0.25, 0.3) is 0 Å². The second-order valence-corrected chi connectivity index (χ2v) is 4.62. The van der Waals surface area contributed by atoms with Crippen LogP contribution in [-0.4, -0.2) is 36.3 Å². The van der Waals surface area contributed by atoms with E-state index in [4.69, 9.17) is 9.84 Å². The Morgan fingerprint density at radius 1 is 1.29 bits per heavy atom. The standard InChI is InChI=1S/C15H22N2O4/c1-2-12(11-14(18)19)17-15(20)16-9-6-10-21-13-7-4-3-5-8-13/h3-5,7-8,12H,2,6,9-11H2,1H3,(H,18,19)(H2,16,17,20). The molecule has 1 aromatic rings. The Bertz CT molecular complexity index is 437. The molecule has 1 atom stereocenters. The van der Waals surface area contributed by atoms with Crippen LogP contribution < -0.4 is 15.4 Å². The first-order valence-electron chi connectivity index (χ1n) is 7.05. The number of benzene rings is 1. The molecule has 0 aliphatic carbocycles. The molecule has 0 heterocycles. The molecule has 0 bridgehead atoms. The second-order valence-electron chi connectivity index (χ2n) is 4.62. The van der Waals surface area contributed by atoms with Gasteiger partial charge in [0.25, 0.3) is 0 Å². The van der Waals surface area contributed by atoms with Gasteiger partial charge in [-0.1, -0.05) is 25.1 Å². The van der Waals surface area contributed by atoms with Crippen LogP contribution in [0, 0.1) is 0 Å². The van der Waals surface area contributed by atoms with Crippen molar-refractivity contribution in [1.82, 2.24) is 10.6 Å². The summed E-state index contributed by atoms with van der Waals surface area (Å²) in [7, 11) is 0. The van der Waals surface area contributed by atoms with E-state index in [0.717, 1.165) is 5.75 Å². The van der Waals surface area contributed by atoms with Crippen molar-refractivity contribution in [2.24, 2.45) is 0 Å². The van der Waals surface area contributed by atoms with Gasteiger partial charge in [-0.05, 0) is 25.0 Å². The van der Waals surface area contributed by atoms with Crippen LogP contribution in [0.3, 0.4) is 0 Å². The Balaban J connectivity index is 2.11. The maximum atomic E-state index is 11.6. The third-order valence-corrected chi connectivity index (χ3v) is 2.87. The molecule has 0 radical (unpaired) electrons. The number of hydrogen-bond acceptors (Lipinski definition) is 3. The average Bonchev–Trinajstić information content (AvgIpc) is 2.46. The SMILES string of the molecule is CCC(CC(=O)O)NC(=O)NCCCOc1ccccc1. The number of carbonyl (C=O) groups excluding carboxylic acids is 1. The van der Waals surface area contributed by atoms with Crippen molar-refractivity contribution in [3.05, 3.63) is 30.3 Å². The Hall–Kier alpha value is -2.24. The van der Waals surface area contributed by atoms with Crippen molar-refractivity contribution in [3.63, 3.8) is 0 Å². The van der Waals surface area contributed by atoms with E-state index in [9.17, 15) is 9.59 Å². The van der Waals surface area contributed by atoms with E-state index in [1.807, 2.05) is 37.3 Å². The third-order valence-electron chi connectivity index (χ3n) is 2.87. The molecule has 2 amide bonds. The largest absolute Gasteiger partial charge is 0.494 e. The summed E-state index contributed by atoms with van der Waals surface area (Å²) in [5.41, 5.74) is 0. The summed E-state index contributed by atoms with van der Waals surface area (Å²) < 4.78 is 5.49. The number of amides is 2. The summed E-state index contributed by atoms with van der Waals surface area (Å²) in [6.45, 7) is 2.82. The van der Waals surface area contributed by atoms with Gasteiger partial charge in [-0.3, -0.25) is 4.79 Å². The molecule has 21 heavy (non-hydrogen) atoms. The minimum absolute atomic E-state index is 0.0684. The van der Waals surface area contributed by atoms with Crippen molar-refractivity contribution >= 4 is 12.0 Å². The molecule has 1 rings (SSSR count). The fraction of sp³-hybridized carbons (Fsp3) is 0.467. The molecule has 1 aromatic carbocycles. The zero-order valence-electron chi connectivity index (χ0n) is 12.2. The number of rotatable bonds is 9. The molecule has 0 saturated heterocycles. The number of carboxylic acids is 1. The predicted octanol–water partition coefficient (Wildman–Crippen LogP) is 2.01.